The average molecular weight is 396 g/mol. The molecule has 0 saturated heterocycles. The zero-order valence-corrected chi connectivity index (χ0v) is 14.7. The zero-order valence-electron chi connectivity index (χ0n) is 12.5. The van der Waals surface area contributed by atoms with Crippen LogP contribution < -0.4 is 11.3 Å². The summed E-state index contributed by atoms with van der Waals surface area (Å²) in [6, 6.07) is 15.7. The van der Waals surface area contributed by atoms with E-state index in [1.165, 1.54) is 0 Å². The van der Waals surface area contributed by atoms with E-state index in [4.69, 9.17) is 43.6 Å². The minimum atomic E-state index is -0.468. The summed E-state index contributed by atoms with van der Waals surface area (Å²) in [5.41, 5.74) is -0.858. The number of fused-ring (bicyclic) bond motifs is 2. The van der Waals surface area contributed by atoms with Crippen LogP contribution in [0.15, 0.2) is 73.0 Å². The predicted molar refractivity (Wildman–Crippen MR) is 100.0 cm³/mol. The van der Waals surface area contributed by atoms with Gasteiger partial charge in [-0.05, 0) is 40.7 Å². The molecule has 0 fully saturated rings. The maximum absolute atomic E-state index is 11.2. The summed E-state index contributed by atoms with van der Waals surface area (Å²) in [5.74, 6) is 0. The molecule has 0 radical (unpaired) electrons. The van der Waals surface area contributed by atoms with Gasteiger partial charge in [0, 0.05) is 11.5 Å². The second-order valence-corrected chi connectivity index (χ2v) is 6.04. The molecule has 0 aliphatic heterocycles. The second kappa shape index (κ2) is 7.31. The summed E-state index contributed by atoms with van der Waals surface area (Å²) < 4.78 is 9.40. The van der Waals surface area contributed by atoms with Gasteiger partial charge in [-0.3, -0.25) is 0 Å². The smallest absolute Gasteiger partial charge is 0.345 e. The summed E-state index contributed by atoms with van der Waals surface area (Å²) in [6.45, 7) is 0. The Kier molecular flexibility index (Phi) is 5.13. The number of hydrogen-bond acceptors (Lipinski definition) is 4. The Balaban J connectivity index is 0.000000146. The van der Waals surface area contributed by atoms with E-state index in [-0.39, 0.29) is 15.5 Å². The molecule has 2 aromatic heterocycles. The Labute approximate surface area is 156 Å². The molecule has 126 valence electrons. The molecular formula is C18H9Cl3O4. The maximum Gasteiger partial charge on any atom is 0.345 e. The molecule has 0 unspecified atom stereocenters. The molecule has 0 amide bonds. The predicted octanol–water partition coefficient (Wildman–Crippen LogP) is 5.55. The highest BCUT2D eigenvalue weighted by Gasteiger charge is 2.08. The van der Waals surface area contributed by atoms with Crippen molar-refractivity contribution in [3.05, 3.63) is 90.9 Å². The molecule has 4 nitrogen and oxygen atoms in total. The van der Waals surface area contributed by atoms with Crippen LogP contribution in [0.3, 0.4) is 0 Å². The molecule has 2 heterocycles. The van der Waals surface area contributed by atoms with E-state index in [0.717, 1.165) is 5.39 Å². The van der Waals surface area contributed by atoms with Crippen LogP contribution in [0.2, 0.25) is 15.5 Å². The Morgan fingerprint density at radius 1 is 0.680 bits per heavy atom. The van der Waals surface area contributed by atoms with Crippen molar-refractivity contribution >= 4 is 56.3 Å². The van der Waals surface area contributed by atoms with Crippen LogP contribution in [0, 0.1) is 0 Å². The molecule has 0 atom stereocenters. The highest BCUT2D eigenvalue weighted by atomic mass is 35.5. The highest BCUT2D eigenvalue weighted by Crippen LogP contribution is 2.27. The zero-order chi connectivity index (χ0) is 18.0. The minimum Gasteiger partial charge on any atom is -0.410 e. The third-order valence-corrected chi connectivity index (χ3v) is 4.30. The monoisotopic (exact) mass is 394 g/mol. The first kappa shape index (κ1) is 17.5. The van der Waals surface area contributed by atoms with Crippen LogP contribution in [0.4, 0.5) is 0 Å². The van der Waals surface area contributed by atoms with E-state index in [9.17, 15) is 9.59 Å². The number of halogens is 3. The lowest BCUT2D eigenvalue weighted by atomic mass is 10.2. The molecule has 25 heavy (non-hydrogen) atoms. The van der Waals surface area contributed by atoms with Crippen molar-refractivity contribution in [3.8, 4) is 0 Å². The van der Waals surface area contributed by atoms with Crippen molar-refractivity contribution in [2.75, 3.05) is 0 Å². The van der Waals surface area contributed by atoms with E-state index >= 15 is 0 Å². The Hall–Kier alpha value is -2.27. The summed E-state index contributed by atoms with van der Waals surface area (Å²) in [4.78, 5) is 22.4. The van der Waals surface area contributed by atoms with Crippen LogP contribution >= 0.6 is 34.8 Å². The summed E-state index contributed by atoms with van der Waals surface area (Å²) in [7, 11) is 0. The van der Waals surface area contributed by atoms with Crippen molar-refractivity contribution < 1.29 is 8.83 Å². The van der Waals surface area contributed by atoms with E-state index < -0.39 is 11.3 Å². The van der Waals surface area contributed by atoms with Crippen LogP contribution in [-0.4, -0.2) is 0 Å². The van der Waals surface area contributed by atoms with E-state index in [1.807, 2.05) is 12.1 Å². The molecule has 0 spiro atoms. The molecule has 4 rings (SSSR count). The molecular weight excluding hydrogens is 387 g/mol. The lowest BCUT2D eigenvalue weighted by molar-refractivity contribution is 0.521. The summed E-state index contributed by atoms with van der Waals surface area (Å²) >= 11 is 17.0. The third kappa shape index (κ3) is 3.71. The average Bonchev–Trinajstić information content (AvgIpc) is 2.60. The molecule has 0 saturated carbocycles. The van der Waals surface area contributed by atoms with Gasteiger partial charge >= 0.3 is 11.3 Å². The van der Waals surface area contributed by atoms with Crippen molar-refractivity contribution in [1.29, 1.82) is 0 Å². The molecule has 0 bridgehead atoms. The van der Waals surface area contributed by atoms with Crippen LogP contribution in [-0.2, 0) is 0 Å². The molecule has 0 aliphatic carbocycles. The summed E-state index contributed by atoms with van der Waals surface area (Å²) in [5, 5.41) is 2.75. The fraction of sp³-hybridized carbons (Fsp3) is 0. The van der Waals surface area contributed by atoms with Gasteiger partial charge in [-0.2, -0.15) is 0 Å². The van der Waals surface area contributed by atoms with Gasteiger partial charge < -0.3 is 8.83 Å². The van der Waals surface area contributed by atoms with Gasteiger partial charge in [0.05, 0.1) is 10.8 Å². The number of benzene rings is 2. The van der Waals surface area contributed by atoms with Gasteiger partial charge in [0.25, 0.3) is 0 Å². The Bertz CT molecular complexity index is 1180. The Morgan fingerprint density at radius 2 is 1.24 bits per heavy atom. The van der Waals surface area contributed by atoms with Gasteiger partial charge in [-0.15, -0.1) is 0 Å². The van der Waals surface area contributed by atoms with Crippen LogP contribution in [0.5, 0.6) is 0 Å². The van der Waals surface area contributed by atoms with Crippen LogP contribution in [0.25, 0.3) is 21.5 Å². The van der Waals surface area contributed by atoms with E-state index in [1.54, 1.807) is 42.5 Å². The first-order chi connectivity index (χ1) is 12.0. The standard InChI is InChI=1S/C9H4Cl2O2.C9H5ClO2/c10-7-5-3-1-2-4-6(5)9(12)13-8(7)11;10-8-5-6-3-1-2-4-7(6)9(11)12-8/h1-4H;1-5H. The molecule has 0 aliphatic rings. The van der Waals surface area contributed by atoms with Gasteiger partial charge in [0.2, 0.25) is 5.22 Å². The lowest BCUT2D eigenvalue weighted by Crippen LogP contribution is -1.99. The molecule has 2 aromatic carbocycles. The van der Waals surface area contributed by atoms with Gasteiger partial charge in [0.15, 0.2) is 5.22 Å². The van der Waals surface area contributed by atoms with Crippen LogP contribution in [0.1, 0.15) is 0 Å². The van der Waals surface area contributed by atoms with Crippen molar-refractivity contribution in [1.82, 2.24) is 0 Å². The Morgan fingerprint density at radius 3 is 1.96 bits per heavy atom. The quantitative estimate of drug-likeness (QED) is 0.392. The van der Waals surface area contributed by atoms with E-state index in [0.29, 0.717) is 16.2 Å². The van der Waals surface area contributed by atoms with Crippen molar-refractivity contribution in [2.24, 2.45) is 0 Å². The van der Waals surface area contributed by atoms with Gasteiger partial charge in [-0.25, -0.2) is 9.59 Å². The number of hydrogen-bond donors (Lipinski definition) is 0. The van der Waals surface area contributed by atoms with Crippen molar-refractivity contribution in [3.63, 3.8) is 0 Å². The first-order valence-corrected chi connectivity index (χ1v) is 8.16. The summed E-state index contributed by atoms with van der Waals surface area (Å²) in [6.07, 6.45) is 0. The third-order valence-electron chi connectivity index (χ3n) is 3.38. The van der Waals surface area contributed by atoms with Gasteiger partial charge in [0.1, 0.15) is 5.02 Å². The maximum atomic E-state index is 11.2. The topological polar surface area (TPSA) is 60.4 Å². The second-order valence-electron chi connectivity index (χ2n) is 4.95. The van der Waals surface area contributed by atoms with Gasteiger partial charge in [-0.1, -0.05) is 48.0 Å². The molecule has 4 aromatic rings. The lowest BCUT2D eigenvalue weighted by Gasteiger charge is -1.98. The normalized spacial score (nSPS) is 10.5. The minimum absolute atomic E-state index is 0.0645. The largest absolute Gasteiger partial charge is 0.410 e. The highest BCUT2D eigenvalue weighted by molar-refractivity contribution is 6.44. The van der Waals surface area contributed by atoms with E-state index in [2.05, 4.69) is 0 Å². The fourth-order valence-electron chi connectivity index (χ4n) is 2.24. The van der Waals surface area contributed by atoms with Crippen molar-refractivity contribution in [2.45, 2.75) is 0 Å². The molecule has 0 N–H and O–H groups in total. The first-order valence-electron chi connectivity index (χ1n) is 7.02. The molecule has 7 heteroatoms. The number of rotatable bonds is 0. The SMILES string of the molecule is O=c1oc(Cl)c(Cl)c2ccccc12.O=c1oc(Cl)cc2ccccc12. The fourth-order valence-corrected chi connectivity index (χ4v) is 2.81.